The average Bonchev–Trinajstić information content (AvgIpc) is 2.41. The molecule has 0 aliphatic carbocycles. The van der Waals surface area contributed by atoms with Crippen LogP contribution in [0.3, 0.4) is 0 Å². The number of rotatable bonds is 3. The summed E-state index contributed by atoms with van der Waals surface area (Å²) >= 11 is 0. The third-order valence-electron chi connectivity index (χ3n) is 2.66. The molecule has 2 rings (SSSR count). The lowest BCUT2D eigenvalue weighted by atomic mass is 10.2. The Morgan fingerprint density at radius 3 is 2.42 bits per heavy atom. The molecule has 3 N–H and O–H groups in total. The Morgan fingerprint density at radius 2 is 1.84 bits per heavy atom. The van der Waals surface area contributed by atoms with Gasteiger partial charge in [0.1, 0.15) is 5.82 Å². The molecule has 1 amide bonds. The van der Waals surface area contributed by atoms with Crippen LogP contribution in [0, 0.1) is 0 Å². The van der Waals surface area contributed by atoms with Crippen molar-refractivity contribution in [3.05, 3.63) is 48.0 Å². The number of nitrogens with one attached hydrogen (secondary N) is 1. The van der Waals surface area contributed by atoms with Crippen molar-refractivity contribution >= 4 is 17.3 Å². The third kappa shape index (κ3) is 3.07. The third-order valence-corrected chi connectivity index (χ3v) is 2.66. The Bertz CT molecular complexity index is 578. The van der Waals surface area contributed by atoms with Crippen molar-refractivity contribution in [2.45, 2.75) is 19.8 Å². The molecule has 0 atom stereocenters. The molecule has 1 aromatic heterocycles. The lowest BCUT2D eigenvalue weighted by molar-refractivity contribution is 0.102. The lowest BCUT2D eigenvalue weighted by Gasteiger charge is -2.08. The van der Waals surface area contributed by atoms with Gasteiger partial charge in [-0.05, 0) is 12.1 Å². The van der Waals surface area contributed by atoms with E-state index in [0.29, 0.717) is 16.9 Å². The van der Waals surface area contributed by atoms with Crippen LogP contribution in [0.1, 0.15) is 35.9 Å². The van der Waals surface area contributed by atoms with Gasteiger partial charge in [-0.15, -0.1) is 0 Å². The maximum Gasteiger partial charge on any atom is 0.258 e. The van der Waals surface area contributed by atoms with Gasteiger partial charge in [-0.1, -0.05) is 26.0 Å². The maximum atomic E-state index is 12.0. The van der Waals surface area contributed by atoms with Gasteiger partial charge in [0.25, 0.3) is 5.91 Å². The summed E-state index contributed by atoms with van der Waals surface area (Å²) in [5, 5.41) is 2.73. The Labute approximate surface area is 111 Å². The summed E-state index contributed by atoms with van der Waals surface area (Å²) in [7, 11) is 0. The molecule has 0 saturated carbocycles. The maximum absolute atomic E-state index is 12.0. The molecule has 0 aliphatic rings. The van der Waals surface area contributed by atoms with Crippen LogP contribution in [-0.4, -0.2) is 15.9 Å². The smallest absolute Gasteiger partial charge is 0.258 e. The molecular weight excluding hydrogens is 240 g/mol. The highest BCUT2D eigenvalue weighted by Crippen LogP contribution is 2.17. The molecule has 98 valence electrons. The number of hydrogen-bond acceptors (Lipinski definition) is 4. The molecule has 5 heteroatoms. The number of carbonyl (C=O) groups excluding carboxylic acids is 1. The summed E-state index contributed by atoms with van der Waals surface area (Å²) in [6.07, 6.45) is 3.05. The van der Waals surface area contributed by atoms with E-state index < -0.39 is 0 Å². The number of anilines is 2. The summed E-state index contributed by atoms with van der Waals surface area (Å²) in [6.45, 7) is 4.00. The Hall–Kier alpha value is -2.43. The molecule has 19 heavy (non-hydrogen) atoms. The van der Waals surface area contributed by atoms with Gasteiger partial charge in [0.2, 0.25) is 0 Å². The van der Waals surface area contributed by atoms with E-state index in [1.807, 2.05) is 26.0 Å². The van der Waals surface area contributed by atoms with E-state index in [9.17, 15) is 4.79 Å². The number of carbonyl (C=O) groups is 1. The van der Waals surface area contributed by atoms with E-state index in [1.54, 1.807) is 12.1 Å². The largest absolute Gasteiger partial charge is 0.397 e. The molecular formula is C14H16N4O. The molecule has 0 spiro atoms. The first-order valence-corrected chi connectivity index (χ1v) is 6.05. The summed E-state index contributed by atoms with van der Waals surface area (Å²) in [5.41, 5.74) is 7.28. The number of aromatic nitrogens is 2. The average molecular weight is 256 g/mol. The van der Waals surface area contributed by atoms with Gasteiger partial charge in [0.05, 0.1) is 16.9 Å². The lowest BCUT2D eigenvalue weighted by Crippen LogP contribution is -2.14. The van der Waals surface area contributed by atoms with Crippen molar-refractivity contribution < 1.29 is 4.79 Å². The van der Waals surface area contributed by atoms with E-state index in [1.165, 1.54) is 12.4 Å². The number of benzene rings is 1. The SMILES string of the molecule is CC(C)c1ncc(C(=O)Nc2ccccc2N)cn1. The Morgan fingerprint density at radius 1 is 1.21 bits per heavy atom. The molecule has 1 heterocycles. The first-order valence-electron chi connectivity index (χ1n) is 6.05. The minimum atomic E-state index is -0.270. The molecule has 0 unspecified atom stereocenters. The van der Waals surface area contributed by atoms with Crippen molar-refractivity contribution in [3.8, 4) is 0 Å². The van der Waals surface area contributed by atoms with Crippen LogP contribution < -0.4 is 11.1 Å². The van der Waals surface area contributed by atoms with E-state index in [2.05, 4.69) is 15.3 Å². The van der Waals surface area contributed by atoms with Gasteiger partial charge in [-0.3, -0.25) is 4.79 Å². The van der Waals surface area contributed by atoms with E-state index in [-0.39, 0.29) is 11.8 Å². The summed E-state index contributed by atoms with van der Waals surface area (Å²) in [6, 6.07) is 7.10. The molecule has 2 aromatic rings. The van der Waals surface area contributed by atoms with Gasteiger partial charge in [0, 0.05) is 18.3 Å². The fraction of sp³-hybridized carbons (Fsp3) is 0.214. The molecule has 0 radical (unpaired) electrons. The van der Waals surface area contributed by atoms with E-state index >= 15 is 0 Å². The second-order valence-electron chi connectivity index (χ2n) is 4.53. The summed E-state index contributed by atoms with van der Waals surface area (Å²) in [5.74, 6) is 0.686. The predicted octanol–water partition coefficient (Wildman–Crippen LogP) is 2.43. The van der Waals surface area contributed by atoms with E-state index in [4.69, 9.17) is 5.73 Å². The number of nitrogens with two attached hydrogens (primary N) is 1. The fourth-order valence-corrected chi connectivity index (χ4v) is 1.56. The number of para-hydroxylation sites is 2. The van der Waals surface area contributed by atoms with Gasteiger partial charge in [-0.25, -0.2) is 9.97 Å². The second kappa shape index (κ2) is 5.48. The van der Waals surface area contributed by atoms with Crippen molar-refractivity contribution in [2.24, 2.45) is 0 Å². The molecule has 0 aliphatic heterocycles. The van der Waals surface area contributed by atoms with Crippen molar-refractivity contribution in [3.63, 3.8) is 0 Å². The number of hydrogen-bond donors (Lipinski definition) is 2. The van der Waals surface area contributed by atoms with Gasteiger partial charge in [0.15, 0.2) is 0 Å². The van der Waals surface area contributed by atoms with Gasteiger partial charge < -0.3 is 11.1 Å². The zero-order valence-corrected chi connectivity index (χ0v) is 10.9. The van der Waals surface area contributed by atoms with Gasteiger partial charge >= 0.3 is 0 Å². The van der Waals surface area contributed by atoms with Gasteiger partial charge in [-0.2, -0.15) is 0 Å². The Balaban J connectivity index is 2.14. The standard InChI is InChI=1S/C14H16N4O/c1-9(2)13-16-7-10(8-17-13)14(19)18-12-6-4-3-5-11(12)15/h3-9H,15H2,1-2H3,(H,18,19). The fourth-order valence-electron chi connectivity index (χ4n) is 1.56. The number of nitrogen functional groups attached to an aromatic ring is 1. The topological polar surface area (TPSA) is 80.9 Å². The highest BCUT2D eigenvalue weighted by atomic mass is 16.1. The molecule has 1 aromatic carbocycles. The highest BCUT2D eigenvalue weighted by molar-refractivity contribution is 6.05. The summed E-state index contributed by atoms with van der Waals surface area (Å²) < 4.78 is 0. The van der Waals surface area contributed by atoms with Crippen LogP contribution in [0.5, 0.6) is 0 Å². The van der Waals surface area contributed by atoms with Crippen LogP contribution in [0.15, 0.2) is 36.7 Å². The van der Waals surface area contributed by atoms with Crippen molar-refractivity contribution in [1.29, 1.82) is 0 Å². The first-order chi connectivity index (χ1) is 9.08. The predicted molar refractivity (Wildman–Crippen MR) is 74.9 cm³/mol. The van der Waals surface area contributed by atoms with Crippen molar-refractivity contribution in [2.75, 3.05) is 11.1 Å². The molecule has 0 saturated heterocycles. The van der Waals surface area contributed by atoms with Crippen molar-refractivity contribution in [1.82, 2.24) is 9.97 Å². The number of nitrogens with zero attached hydrogens (tertiary/aromatic N) is 2. The van der Waals surface area contributed by atoms with Crippen LogP contribution in [0.2, 0.25) is 0 Å². The van der Waals surface area contributed by atoms with Crippen LogP contribution in [0.25, 0.3) is 0 Å². The first kappa shape index (κ1) is 13.0. The highest BCUT2D eigenvalue weighted by Gasteiger charge is 2.10. The van der Waals surface area contributed by atoms with Crippen LogP contribution in [-0.2, 0) is 0 Å². The van der Waals surface area contributed by atoms with Crippen LogP contribution in [0.4, 0.5) is 11.4 Å². The monoisotopic (exact) mass is 256 g/mol. The minimum Gasteiger partial charge on any atom is -0.397 e. The zero-order chi connectivity index (χ0) is 13.8. The van der Waals surface area contributed by atoms with Crippen LogP contribution >= 0.6 is 0 Å². The zero-order valence-electron chi connectivity index (χ0n) is 10.9. The number of amides is 1. The normalized spacial score (nSPS) is 10.5. The summed E-state index contributed by atoms with van der Waals surface area (Å²) in [4.78, 5) is 20.3. The van der Waals surface area contributed by atoms with E-state index in [0.717, 1.165) is 5.82 Å². The Kier molecular flexibility index (Phi) is 3.75. The molecule has 5 nitrogen and oxygen atoms in total. The second-order valence-corrected chi connectivity index (χ2v) is 4.53. The molecule has 0 bridgehead atoms. The minimum absolute atomic E-state index is 0.238. The quantitative estimate of drug-likeness (QED) is 0.826. The molecule has 0 fully saturated rings.